The molecule has 4 aliphatic rings. The van der Waals surface area contributed by atoms with E-state index in [1.807, 2.05) is 0 Å². The molecule has 4 aliphatic carbocycles. The highest BCUT2D eigenvalue weighted by Gasteiger charge is 2.58. The molecule has 0 aromatic heterocycles. The summed E-state index contributed by atoms with van der Waals surface area (Å²) in [4.78, 5) is 25.1. The highest BCUT2D eigenvalue weighted by molar-refractivity contribution is 7.92. The minimum absolute atomic E-state index is 0.0189. The lowest BCUT2D eigenvalue weighted by Crippen LogP contribution is -2.62. The Labute approximate surface area is 212 Å². The van der Waals surface area contributed by atoms with Crippen LogP contribution >= 0.6 is 23.2 Å². The van der Waals surface area contributed by atoms with Crippen LogP contribution in [0.3, 0.4) is 0 Å². The molecule has 2 aromatic rings. The Morgan fingerprint density at radius 3 is 2.23 bits per heavy atom. The number of sulfonamides is 1. The summed E-state index contributed by atoms with van der Waals surface area (Å²) < 4.78 is 42.5. The molecule has 4 fully saturated rings. The molecule has 2 amide bonds. The van der Waals surface area contributed by atoms with Crippen molar-refractivity contribution < 1.29 is 22.4 Å². The molecule has 0 saturated heterocycles. The first kappa shape index (κ1) is 24.3. The lowest BCUT2D eigenvalue weighted by atomic mass is 9.47. The van der Waals surface area contributed by atoms with Crippen molar-refractivity contribution in [2.45, 2.75) is 43.0 Å². The lowest BCUT2D eigenvalue weighted by molar-refractivity contribution is -0.145. The fraction of sp³-hybridized carbons (Fsp3) is 0.417. The van der Waals surface area contributed by atoms with Crippen molar-refractivity contribution in [3.63, 3.8) is 0 Å². The van der Waals surface area contributed by atoms with Gasteiger partial charge in [0.15, 0.2) is 0 Å². The lowest BCUT2D eigenvalue weighted by Gasteiger charge is -2.58. The fourth-order valence-corrected chi connectivity index (χ4v) is 8.23. The van der Waals surface area contributed by atoms with E-state index < -0.39 is 27.2 Å². The number of nitrogens with one attached hydrogen (secondary N) is 2. The quantitative estimate of drug-likeness (QED) is 0.505. The SMILES string of the molecule is NC(=O)C12CC3CC(C1)C(NC(=O)c1cc(NS(=O)(=O)c4cc(Cl)cc(Cl)c4)ccc1F)C(C3)C2. The molecule has 11 heteroatoms. The molecular weight excluding hydrogens is 516 g/mol. The molecule has 2 aromatic carbocycles. The molecule has 0 radical (unpaired) electrons. The average molecular weight is 540 g/mol. The standard InChI is InChI=1S/C24H24Cl2FN3O4S/c25-15-5-16(26)7-18(6-15)35(33,34)30-17-1-2-20(27)19(8-17)22(31)29-21-13-3-12-4-14(21)11-24(9-12,10-13)23(28)32/h1-2,5-8,12-14,21,30H,3-4,9-11H2,(H2,28,32)(H,29,31). The number of hydrogen-bond donors (Lipinski definition) is 3. The van der Waals surface area contributed by atoms with Gasteiger partial charge in [-0.1, -0.05) is 23.2 Å². The molecule has 186 valence electrons. The summed E-state index contributed by atoms with van der Waals surface area (Å²) in [7, 11) is -4.09. The number of benzene rings is 2. The zero-order chi connectivity index (χ0) is 25.1. The van der Waals surface area contributed by atoms with Crippen LogP contribution in [0.5, 0.6) is 0 Å². The Hall–Kier alpha value is -2.36. The number of halogens is 3. The van der Waals surface area contributed by atoms with E-state index in [1.54, 1.807) is 0 Å². The zero-order valence-corrected chi connectivity index (χ0v) is 20.9. The summed E-state index contributed by atoms with van der Waals surface area (Å²) >= 11 is 11.8. The average Bonchev–Trinajstić information content (AvgIpc) is 2.76. The van der Waals surface area contributed by atoms with Crippen LogP contribution in [0.15, 0.2) is 41.3 Å². The van der Waals surface area contributed by atoms with Gasteiger partial charge in [0, 0.05) is 27.2 Å². The second-order valence-electron chi connectivity index (χ2n) is 10.0. The van der Waals surface area contributed by atoms with Crippen molar-refractivity contribution in [1.82, 2.24) is 5.32 Å². The van der Waals surface area contributed by atoms with Crippen LogP contribution in [0.4, 0.5) is 10.1 Å². The van der Waals surface area contributed by atoms with Crippen molar-refractivity contribution in [2.75, 3.05) is 4.72 Å². The van der Waals surface area contributed by atoms with Crippen LogP contribution in [0.25, 0.3) is 0 Å². The number of anilines is 1. The maximum absolute atomic E-state index is 14.6. The Bertz CT molecular complexity index is 1300. The van der Waals surface area contributed by atoms with Crippen LogP contribution in [0.2, 0.25) is 10.0 Å². The van der Waals surface area contributed by atoms with Gasteiger partial charge in [-0.25, -0.2) is 12.8 Å². The van der Waals surface area contributed by atoms with E-state index in [-0.39, 0.29) is 50.0 Å². The topological polar surface area (TPSA) is 118 Å². The van der Waals surface area contributed by atoms with E-state index in [4.69, 9.17) is 28.9 Å². The zero-order valence-electron chi connectivity index (χ0n) is 18.6. The monoisotopic (exact) mass is 539 g/mol. The minimum Gasteiger partial charge on any atom is -0.369 e. The Balaban J connectivity index is 1.35. The second-order valence-corrected chi connectivity index (χ2v) is 12.6. The summed E-state index contributed by atoms with van der Waals surface area (Å²) in [6, 6.07) is 7.12. The molecule has 4 N–H and O–H groups in total. The number of primary amides is 1. The predicted octanol–water partition coefficient (Wildman–Crippen LogP) is 4.34. The van der Waals surface area contributed by atoms with Gasteiger partial charge >= 0.3 is 0 Å². The van der Waals surface area contributed by atoms with Crippen molar-refractivity contribution in [3.05, 3.63) is 57.8 Å². The normalized spacial score (nSPS) is 29.1. The summed E-state index contributed by atoms with van der Waals surface area (Å²) in [5.41, 5.74) is 4.98. The molecule has 35 heavy (non-hydrogen) atoms. The summed E-state index contributed by atoms with van der Waals surface area (Å²) in [5, 5.41) is 3.26. The number of carbonyl (C=O) groups is 2. The van der Waals surface area contributed by atoms with Gasteiger partial charge in [0.2, 0.25) is 5.91 Å². The first-order valence-electron chi connectivity index (χ1n) is 11.3. The summed E-state index contributed by atoms with van der Waals surface area (Å²) in [5.74, 6) is -1.03. The second kappa shape index (κ2) is 8.64. The van der Waals surface area contributed by atoms with Crippen molar-refractivity contribution in [3.8, 4) is 0 Å². The number of nitrogens with two attached hydrogens (primary N) is 1. The number of amides is 2. The number of rotatable bonds is 6. The predicted molar refractivity (Wildman–Crippen MR) is 130 cm³/mol. The molecule has 0 heterocycles. The van der Waals surface area contributed by atoms with E-state index in [0.717, 1.165) is 31.4 Å². The van der Waals surface area contributed by atoms with Crippen LogP contribution in [-0.2, 0) is 14.8 Å². The van der Waals surface area contributed by atoms with Crippen LogP contribution in [0, 0.1) is 29.0 Å². The minimum atomic E-state index is -4.09. The molecule has 6 rings (SSSR count). The third kappa shape index (κ3) is 4.49. The molecule has 7 nitrogen and oxygen atoms in total. The van der Waals surface area contributed by atoms with Gasteiger partial charge in [-0.2, -0.15) is 0 Å². The molecule has 2 unspecified atom stereocenters. The van der Waals surface area contributed by atoms with E-state index in [0.29, 0.717) is 18.8 Å². The van der Waals surface area contributed by atoms with Crippen LogP contribution in [0.1, 0.15) is 42.5 Å². The molecule has 2 atom stereocenters. The highest BCUT2D eigenvalue weighted by Crippen LogP contribution is 2.59. The van der Waals surface area contributed by atoms with Crippen molar-refractivity contribution >= 4 is 50.7 Å². The largest absolute Gasteiger partial charge is 0.369 e. The van der Waals surface area contributed by atoms with Crippen LogP contribution in [-0.4, -0.2) is 26.3 Å². The molecule has 0 spiro atoms. The third-order valence-corrected chi connectivity index (χ3v) is 9.50. The van der Waals surface area contributed by atoms with Gasteiger partial charge < -0.3 is 11.1 Å². The van der Waals surface area contributed by atoms with Gasteiger partial charge in [-0.3, -0.25) is 14.3 Å². The summed E-state index contributed by atoms with van der Waals surface area (Å²) in [6.45, 7) is 0. The Morgan fingerprint density at radius 1 is 1.00 bits per heavy atom. The van der Waals surface area contributed by atoms with E-state index in [9.17, 15) is 22.4 Å². The molecule has 4 bridgehead atoms. The van der Waals surface area contributed by atoms with Crippen LogP contribution < -0.4 is 15.8 Å². The summed E-state index contributed by atoms with van der Waals surface area (Å²) in [6.07, 6.45) is 3.88. The first-order valence-corrected chi connectivity index (χ1v) is 13.6. The van der Waals surface area contributed by atoms with E-state index in [2.05, 4.69) is 10.0 Å². The molecule has 0 aliphatic heterocycles. The fourth-order valence-electron chi connectivity index (χ4n) is 6.45. The van der Waals surface area contributed by atoms with Gasteiger partial charge in [0.25, 0.3) is 15.9 Å². The van der Waals surface area contributed by atoms with E-state index >= 15 is 0 Å². The van der Waals surface area contributed by atoms with Gasteiger partial charge in [0.1, 0.15) is 5.82 Å². The van der Waals surface area contributed by atoms with Gasteiger partial charge in [0.05, 0.1) is 10.5 Å². The van der Waals surface area contributed by atoms with Crippen molar-refractivity contribution in [2.24, 2.45) is 28.9 Å². The van der Waals surface area contributed by atoms with Gasteiger partial charge in [-0.15, -0.1) is 0 Å². The molecular formula is C24H24Cl2FN3O4S. The maximum Gasteiger partial charge on any atom is 0.261 e. The highest BCUT2D eigenvalue weighted by atomic mass is 35.5. The van der Waals surface area contributed by atoms with Gasteiger partial charge in [-0.05, 0) is 86.3 Å². The van der Waals surface area contributed by atoms with E-state index in [1.165, 1.54) is 24.3 Å². The smallest absolute Gasteiger partial charge is 0.261 e. The first-order chi connectivity index (χ1) is 16.5. The Kier molecular flexibility index (Phi) is 6.01. The Morgan fingerprint density at radius 2 is 1.63 bits per heavy atom. The number of carbonyl (C=O) groups excluding carboxylic acids is 2. The maximum atomic E-state index is 14.6. The third-order valence-electron chi connectivity index (χ3n) is 7.70. The number of hydrogen-bond acceptors (Lipinski definition) is 4. The van der Waals surface area contributed by atoms with Crippen molar-refractivity contribution in [1.29, 1.82) is 0 Å². The molecule has 4 saturated carbocycles.